The highest BCUT2D eigenvalue weighted by Gasteiger charge is 2.53. The number of ether oxygens (including phenoxy) is 2. The number of hydrogen-bond donors (Lipinski definition) is 0. The summed E-state index contributed by atoms with van der Waals surface area (Å²) in [6.07, 6.45) is 0. The maximum atomic E-state index is 6.91. The van der Waals surface area contributed by atoms with Crippen LogP contribution in [-0.2, 0) is 5.41 Å². The van der Waals surface area contributed by atoms with E-state index in [0.717, 1.165) is 44.6 Å². The lowest BCUT2D eigenvalue weighted by atomic mass is 9.70. The summed E-state index contributed by atoms with van der Waals surface area (Å²) in [7, 11) is 0. The third-order valence-electron chi connectivity index (χ3n) is 14.3. The van der Waals surface area contributed by atoms with Gasteiger partial charge in [0.15, 0.2) is 23.0 Å². The number of hydrogen-bond acceptors (Lipinski definition) is 3. The molecule has 12 aromatic rings. The van der Waals surface area contributed by atoms with E-state index in [1.807, 2.05) is 24.3 Å². The molecule has 64 heavy (non-hydrogen) atoms. The molecule has 0 N–H and O–H groups in total. The van der Waals surface area contributed by atoms with Gasteiger partial charge in [-0.1, -0.05) is 170 Å². The lowest BCUT2D eigenvalue weighted by Gasteiger charge is -2.31. The predicted molar refractivity (Wildman–Crippen MR) is 260 cm³/mol. The quantitative estimate of drug-likeness (QED) is 0.163. The molecule has 0 saturated heterocycles. The Labute approximate surface area is 368 Å². The lowest BCUT2D eigenvalue weighted by molar-refractivity contribution is 0.359. The van der Waals surface area contributed by atoms with Crippen molar-refractivity contribution in [3.8, 4) is 67.5 Å². The molecule has 296 valence electrons. The van der Waals surface area contributed by atoms with E-state index in [-0.39, 0.29) is 0 Å². The summed E-state index contributed by atoms with van der Waals surface area (Å²) in [4.78, 5) is 0. The van der Waals surface area contributed by atoms with Crippen LogP contribution >= 0.6 is 0 Å². The molecule has 1 spiro atoms. The van der Waals surface area contributed by atoms with Crippen molar-refractivity contribution in [1.29, 1.82) is 0 Å². The Morgan fingerprint density at radius 1 is 0.281 bits per heavy atom. The summed E-state index contributed by atoms with van der Waals surface area (Å²) in [6.45, 7) is 0. The van der Waals surface area contributed by atoms with E-state index in [1.54, 1.807) is 0 Å². The molecule has 0 unspecified atom stereocenters. The van der Waals surface area contributed by atoms with Crippen molar-refractivity contribution >= 4 is 54.3 Å². The number of benzene rings is 11. The van der Waals surface area contributed by atoms with E-state index in [0.29, 0.717) is 11.5 Å². The van der Waals surface area contributed by atoms with Crippen LogP contribution in [0.4, 0.5) is 0 Å². The number of fused-ring (bicyclic) bond motifs is 18. The Hall–Kier alpha value is -8.40. The van der Waals surface area contributed by atoms with E-state index < -0.39 is 5.41 Å². The van der Waals surface area contributed by atoms with Gasteiger partial charge < -0.3 is 13.9 Å². The topological polar surface area (TPSA) is 31.6 Å². The minimum absolute atomic E-state index is 0.587. The standard InChI is InChI=1S/C61H34O3/c1-2-16-36-32-54-46(31-35(36)15-1)43-23-13-25-45(60(43)64-54)58-41-21-5-3-19-39(41)57(40-20-4-6-22-42(40)58)44-24-14-28-50-59(44)47-33-55-56(63-53-30-12-11-29-52(53)62-55)34-51(47)61(50)48-26-9-7-17-37(48)38-18-8-10-27-49(38)61/h1-34H. The Morgan fingerprint density at radius 3 is 1.44 bits per heavy atom. The summed E-state index contributed by atoms with van der Waals surface area (Å²) < 4.78 is 20.3. The average Bonchev–Trinajstić information content (AvgIpc) is 3.97. The van der Waals surface area contributed by atoms with Crippen LogP contribution in [0.15, 0.2) is 211 Å². The molecule has 1 aliphatic heterocycles. The van der Waals surface area contributed by atoms with Crippen molar-refractivity contribution in [2.45, 2.75) is 5.41 Å². The van der Waals surface area contributed by atoms with Crippen LogP contribution in [0, 0.1) is 0 Å². The van der Waals surface area contributed by atoms with Gasteiger partial charge in [-0.2, -0.15) is 0 Å². The van der Waals surface area contributed by atoms with Gasteiger partial charge in [-0.3, -0.25) is 0 Å². The van der Waals surface area contributed by atoms with Crippen LogP contribution in [0.3, 0.4) is 0 Å². The zero-order valence-corrected chi connectivity index (χ0v) is 34.4. The van der Waals surface area contributed by atoms with Gasteiger partial charge >= 0.3 is 0 Å². The zero-order valence-electron chi connectivity index (χ0n) is 34.4. The normalized spacial score (nSPS) is 13.7. The van der Waals surface area contributed by atoms with E-state index >= 15 is 0 Å². The summed E-state index contributed by atoms with van der Waals surface area (Å²) in [5.74, 6) is 2.87. The van der Waals surface area contributed by atoms with Gasteiger partial charge in [-0.25, -0.2) is 0 Å². The fourth-order valence-corrected chi connectivity index (χ4v) is 11.8. The van der Waals surface area contributed by atoms with Crippen LogP contribution in [0.5, 0.6) is 23.0 Å². The van der Waals surface area contributed by atoms with Gasteiger partial charge in [0.25, 0.3) is 0 Å². The molecule has 0 amide bonds. The predicted octanol–water partition coefficient (Wildman–Crippen LogP) is 16.6. The molecule has 0 bridgehead atoms. The minimum atomic E-state index is -0.587. The summed E-state index contributed by atoms with van der Waals surface area (Å²) >= 11 is 0. The van der Waals surface area contributed by atoms with Crippen molar-refractivity contribution < 1.29 is 13.9 Å². The van der Waals surface area contributed by atoms with Gasteiger partial charge in [0.05, 0.1) is 5.41 Å². The van der Waals surface area contributed by atoms with Gasteiger partial charge in [0.2, 0.25) is 0 Å². The first-order valence-corrected chi connectivity index (χ1v) is 22.0. The van der Waals surface area contributed by atoms with Crippen molar-refractivity contribution in [3.05, 3.63) is 229 Å². The largest absolute Gasteiger partial charge is 0.455 e. The smallest absolute Gasteiger partial charge is 0.170 e. The van der Waals surface area contributed by atoms with Gasteiger partial charge in [-0.05, 0) is 124 Å². The summed E-state index contributed by atoms with van der Waals surface area (Å²) in [5.41, 5.74) is 15.8. The first kappa shape index (κ1) is 34.2. The molecule has 0 atom stereocenters. The fourth-order valence-electron chi connectivity index (χ4n) is 11.8. The molecule has 2 heterocycles. The minimum Gasteiger partial charge on any atom is -0.455 e. The highest BCUT2D eigenvalue weighted by atomic mass is 16.6. The average molecular weight is 815 g/mol. The van der Waals surface area contributed by atoms with Crippen LogP contribution in [0.25, 0.3) is 98.8 Å². The Balaban J connectivity index is 1.05. The SMILES string of the molecule is c1ccc2c(c1)Oc1cc3c(cc1O2)C1(c2ccccc2-c2ccccc21)c1cccc(-c2c4ccccc4c(-c4cccc5c4oc4cc6ccccc6cc45)c4ccccc24)c1-3. The van der Waals surface area contributed by atoms with Crippen LogP contribution in [-0.4, -0.2) is 0 Å². The van der Waals surface area contributed by atoms with Crippen molar-refractivity contribution in [1.82, 2.24) is 0 Å². The van der Waals surface area contributed by atoms with Crippen molar-refractivity contribution in [2.75, 3.05) is 0 Å². The third kappa shape index (κ3) is 4.31. The molecule has 11 aromatic carbocycles. The maximum Gasteiger partial charge on any atom is 0.170 e. The van der Waals surface area contributed by atoms with E-state index in [2.05, 4.69) is 182 Å². The zero-order chi connectivity index (χ0) is 41.7. The summed E-state index contributed by atoms with van der Waals surface area (Å²) in [6, 6.07) is 74.8. The molecule has 0 fully saturated rings. The molecule has 3 nitrogen and oxygen atoms in total. The second-order valence-corrected chi connectivity index (χ2v) is 17.4. The highest BCUT2D eigenvalue weighted by Crippen LogP contribution is 2.66. The molecule has 3 aliphatic rings. The second-order valence-electron chi connectivity index (χ2n) is 17.4. The maximum absolute atomic E-state index is 6.91. The lowest BCUT2D eigenvalue weighted by Crippen LogP contribution is -2.26. The molecular weight excluding hydrogens is 781 g/mol. The van der Waals surface area contributed by atoms with Crippen molar-refractivity contribution in [3.63, 3.8) is 0 Å². The van der Waals surface area contributed by atoms with Crippen LogP contribution in [0.2, 0.25) is 0 Å². The Bertz CT molecular complexity index is 3940. The fraction of sp³-hybridized carbons (Fsp3) is 0.0164. The molecule has 2 aliphatic carbocycles. The van der Waals surface area contributed by atoms with Gasteiger partial charge in [-0.15, -0.1) is 0 Å². The van der Waals surface area contributed by atoms with Gasteiger partial charge in [0, 0.05) is 21.9 Å². The number of furan rings is 1. The molecular formula is C61H34O3. The molecule has 1 aromatic heterocycles. The van der Waals surface area contributed by atoms with Crippen LogP contribution in [0.1, 0.15) is 22.3 Å². The highest BCUT2D eigenvalue weighted by molar-refractivity contribution is 6.25. The molecule has 15 rings (SSSR count). The molecule has 0 saturated carbocycles. The third-order valence-corrected chi connectivity index (χ3v) is 14.3. The summed E-state index contributed by atoms with van der Waals surface area (Å²) in [5, 5.41) is 9.34. The first-order chi connectivity index (χ1) is 31.7. The van der Waals surface area contributed by atoms with E-state index in [1.165, 1.54) is 88.0 Å². The molecule has 3 heteroatoms. The Kier molecular flexibility index (Phi) is 6.61. The molecule has 0 radical (unpaired) electrons. The van der Waals surface area contributed by atoms with Crippen LogP contribution < -0.4 is 9.47 Å². The van der Waals surface area contributed by atoms with Crippen molar-refractivity contribution in [2.24, 2.45) is 0 Å². The first-order valence-electron chi connectivity index (χ1n) is 22.0. The van der Waals surface area contributed by atoms with E-state index in [4.69, 9.17) is 13.9 Å². The second kappa shape index (κ2) is 12.4. The number of para-hydroxylation sites is 3. The van der Waals surface area contributed by atoms with Gasteiger partial charge in [0.1, 0.15) is 11.2 Å². The van der Waals surface area contributed by atoms with E-state index in [9.17, 15) is 0 Å². The monoisotopic (exact) mass is 814 g/mol. The number of rotatable bonds is 2. The Morgan fingerprint density at radius 2 is 0.766 bits per heavy atom.